The molecule has 12 heteroatoms. The van der Waals surface area contributed by atoms with Gasteiger partial charge in [0.05, 0.1) is 19.3 Å². The van der Waals surface area contributed by atoms with Crippen molar-refractivity contribution in [3.63, 3.8) is 0 Å². The summed E-state index contributed by atoms with van der Waals surface area (Å²) < 4.78 is 10.9. The summed E-state index contributed by atoms with van der Waals surface area (Å²) in [6.45, 7) is 3.29. The molecule has 6 aromatic rings. The first-order chi connectivity index (χ1) is 24.6. The Hall–Kier alpha value is -1.20. The standard InChI is InChI=1S/C19H18N2O.C10H12N2.C9H8O2.I3.I2/c1-2-4-16-14(3-1)15-7-9-20-18(19(15)21-16)13-5-6-17-12(11-13)8-10-22-17;11-6-5-8-7-12-10-4-2-1-3-9(8)10;10-6-7-1-2-9-8(5-7)3-4-11-9;1-3-2;1-2/h1-6,11,18,20-21H,7-10H2;1-4,7,12H,5-6,11H2;1-2,5-6H,3-4H2;;/q;;;-1;. The van der Waals surface area contributed by atoms with E-state index in [1.54, 1.807) is 6.07 Å². The molecule has 9 rings (SSSR count). The Balaban J connectivity index is 0.000000148. The van der Waals surface area contributed by atoms with E-state index >= 15 is 0 Å². The van der Waals surface area contributed by atoms with E-state index in [1.807, 2.05) is 24.4 Å². The van der Waals surface area contributed by atoms with Crippen LogP contribution < -0.4 is 33.8 Å². The van der Waals surface area contributed by atoms with E-state index in [4.69, 9.17) is 15.2 Å². The van der Waals surface area contributed by atoms with Gasteiger partial charge in [0, 0.05) is 95.9 Å². The molecule has 0 radical (unpaired) electrons. The van der Waals surface area contributed by atoms with Crippen LogP contribution in [0.1, 0.15) is 49.9 Å². The maximum Gasteiger partial charge on any atom is 0.150 e. The number of aromatic amines is 2. The number of H-pyrrole nitrogens is 2. The van der Waals surface area contributed by atoms with E-state index in [2.05, 4.69) is 150 Å². The minimum absolute atomic E-state index is 0.252. The number of carbonyl (C=O) groups is 1. The number of ether oxygens (including phenoxy) is 2. The van der Waals surface area contributed by atoms with Gasteiger partial charge in [-0.15, -0.1) is 0 Å². The fourth-order valence-corrected chi connectivity index (χ4v) is 6.62. The van der Waals surface area contributed by atoms with Crippen LogP contribution in [0.25, 0.3) is 21.8 Å². The number of nitrogens with one attached hydrogen (secondary N) is 3. The van der Waals surface area contributed by atoms with E-state index in [9.17, 15) is 4.79 Å². The zero-order chi connectivity index (χ0) is 35.3. The van der Waals surface area contributed by atoms with Crippen molar-refractivity contribution in [2.24, 2.45) is 5.73 Å². The normalized spacial score (nSPS) is 14.9. The molecule has 5 N–H and O–H groups in total. The number of aromatic nitrogens is 2. The summed E-state index contributed by atoms with van der Waals surface area (Å²) in [7, 11) is 0. The predicted octanol–water partition coefficient (Wildman–Crippen LogP) is 6.99. The molecular formula is C38H38I5N4O3-. The summed E-state index contributed by atoms with van der Waals surface area (Å²) >= 11 is 9.54. The van der Waals surface area contributed by atoms with Crippen molar-refractivity contribution in [1.29, 1.82) is 0 Å². The number of para-hydroxylation sites is 2. The van der Waals surface area contributed by atoms with Crippen molar-refractivity contribution >= 4 is 103 Å². The average molecular weight is 1230 g/mol. The zero-order valence-electron chi connectivity index (χ0n) is 27.2. The zero-order valence-corrected chi connectivity index (χ0v) is 38.0. The number of benzene rings is 4. The first kappa shape index (κ1) is 40.0. The molecule has 0 aliphatic carbocycles. The quantitative estimate of drug-likeness (QED) is 0.113. The van der Waals surface area contributed by atoms with Gasteiger partial charge in [-0.25, -0.2) is 0 Å². The first-order valence-electron chi connectivity index (χ1n) is 16.2. The molecule has 0 amide bonds. The molecule has 1 unspecified atom stereocenters. The third-order valence-corrected chi connectivity index (χ3v) is 8.84. The van der Waals surface area contributed by atoms with Crippen molar-refractivity contribution in [2.45, 2.75) is 31.7 Å². The molecule has 5 heterocycles. The second-order valence-electron chi connectivity index (χ2n) is 11.7. The second-order valence-corrected chi connectivity index (χ2v) is 27.9. The van der Waals surface area contributed by atoms with Crippen LogP contribution in [-0.2, 0) is 25.7 Å². The molecule has 0 fully saturated rings. The fraction of sp³-hybridized carbons (Fsp3) is 0.237. The molecule has 3 aliphatic rings. The molecule has 0 saturated carbocycles. The number of hydrogen-bond donors (Lipinski definition) is 4. The Labute approximate surface area is 346 Å². The molecule has 264 valence electrons. The van der Waals surface area contributed by atoms with E-state index in [1.165, 1.54) is 49.8 Å². The van der Waals surface area contributed by atoms with Crippen LogP contribution in [-0.4, -0.2) is 42.6 Å². The average Bonchev–Trinajstić information content (AvgIpc) is 3.99. The Morgan fingerprint density at radius 3 is 2.16 bits per heavy atom. The van der Waals surface area contributed by atoms with Gasteiger partial charge in [0.25, 0.3) is 0 Å². The van der Waals surface area contributed by atoms with Crippen molar-refractivity contribution in [3.05, 3.63) is 130 Å². The fourth-order valence-electron chi connectivity index (χ4n) is 6.62. The van der Waals surface area contributed by atoms with Gasteiger partial charge >= 0.3 is 50.5 Å². The van der Waals surface area contributed by atoms with Crippen LogP contribution in [0.3, 0.4) is 0 Å². The molecule has 0 spiro atoms. The number of rotatable bonds is 4. The minimum Gasteiger partial charge on any atom is -0.493 e. The summed E-state index contributed by atoms with van der Waals surface area (Å²) in [5, 5.41) is 6.34. The summed E-state index contributed by atoms with van der Waals surface area (Å²) in [5.74, 6) is 1.98. The van der Waals surface area contributed by atoms with E-state index in [-0.39, 0.29) is 6.04 Å². The number of fused-ring (bicyclic) bond motifs is 6. The minimum atomic E-state index is 0.252. The van der Waals surface area contributed by atoms with E-state index in [0.29, 0.717) is 19.8 Å². The molecule has 2 aromatic heterocycles. The summed E-state index contributed by atoms with van der Waals surface area (Å²) in [6, 6.07) is 29.3. The molecule has 0 saturated heterocycles. The smallest absolute Gasteiger partial charge is 0.150 e. The van der Waals surface area contributed by atoms with Gasteiger partial charge in [0.15, 0.2) is 0 Å². The van der Waals surface area contributed by atoms with Crippen LogP contribution in [0.4, 0.5) is 0 Å². The predicted molar refractivity (Wildman–Crippen MR) is 236 cm³/mol. The monoisotopic (exact) mass is 1230 g/mol. The topological polar surface area (TPSA) is 105 Å². The van der Waals surface area contributed by atoms with Crippen molar-refractivity contribution < 1.29 is 27.5 Å². The molecule has 4 aromatic carbocycles. The Bertz CT molecular complexity index is 2000. The Kier molecular flexibility index (Phi) is 16.7. The maximum atomic E-state index is 10.4. The third-order valence-electron chi connectivity index (χ3n) is 8.84. The maximum absolute atomic E-state index is 10.4. The Morgan fingerprint density at radius 1 is 0.820 bits per heavy atom. The number of nitrogens with two attached hydrogens (primary N) is 1. The van der Waals surface area contributed by atoms with Crippen molar-refractivity contribution in [2.75, 3.05) is 26.3 Å². The summed E-state index contributed by atoms with van der Waals surface area (Å²) in [6.07, 6.45) is 6.89. The summed E-state index contributed by atoms with van der Waals surface area (Å²) in [5.41, 5.74) is 16.6. The third kappa shape index (κ3) is 10.1. The molecule has 7 nitrogen and oxygen atoms in total. The molecule has 3 aliphatic heterocycles. The number of carbonyl (C=O) groups excluding carboxylic acids is 1. The van der Waals surface area contributed by atoms with E-state index in [0.717, 1.165) is 74.4 Å². The van der Waals surface area contributed by atoms with Gasteiger partial charge in [-0.3, -0.25) is 4.79 Å². The van der Waals surface area contributed by atoms with Crippen LogP contribution in [0.15, 0.2) is 91.1 Å². The van der Waals surface area contributed by atoms with Gasteiger partial charge in [0.1, 0.15) is 17.8 Å². The first-order valence-corrected chi connectivity index (χ1v) is 35.0. The van der Waals surface area contributed by atoms with Crippen LogP contribution >= 0.6 is 74.5 Å². The van der Waals surface area contributed by atoms with Crippen LogP contribution in [0, 0.1) is 0 Å². The van der Waals surface area contributed by atoms with Gasteiger partial charge < -0.3 is 30.5 Å². The summed E-state index contributed by atoms with van der Waals surface area (Å²) in [4.78, 5) is 17.2. The molecule has 1 atom stereocenters. The largest absolute Gasteiger partial charge is 0.493 e. The Morgan fingerprint density at radius 2 is 1.46 bits per heavy atom. The van der Waals surface area contributed by atoms with Crippen molar-refractivity contribution in [3.8, 4) is 11.5 Å². The number of hydrogen-bond acceptors (Lipinski definition) is 5. The van der Waals surface area contributed by atoms with Crippen LogP contribution in [0.5, 0.6) is 11.5 Å². The molecule has 50 heavy (non-hydrogen) atoms. The molecule has 0 bridgehead atoms. The van der Waals surface area contributed by atoms with Gasteiger partial charge in [-0.2, -0.15) is 0 Å². The van der Waals surface area contributed by atoms with Gasteiger partial charge in [-0.1, -0.05) is 48.5 Å². The van der Waals surface area contributed by atoms with E-state index < -0.39 is 0 Å². The number of aldehydes is 1. The number of halogens is 5. The second kappa shape index (κ2) is 20.9. The van der Waals surface area contributed by atoms with Gasteiger partial charge in [0.2, 0.25) is 0 Å². The van der Waals surface area contributed by atoms with Crippen LogP contribution in [0.2, 0.25) is 0 Å². The SMILES string of the molecule is II.I[I-]I.NCCc1c[nH]c2ccccc12.O=Cc1ccc2c(c1)CCO2.c1ccc2c3c([nH]c2c1)C(c1ccc2c(c1)CCO2)NCC3. The molecular weight excluding hydrogens is 1190 g/mol. The van der Waals surface area contributed by atoms with Gasteiger partial charge in [-0.05, 0) is 83.6 Å². The van der Waals surface area contributed by atoms with Crippen molar-refractivity contribution in [1.82, 2.24) is 15.3 Å².